The number of amides is 1. The number of anilines is 1. The van der Waals surface area contributed by atoms with Crippen LogP contribution in [0.3, 0.4) is 0 Å². The van der Waals surface area contributed by atoms with Crippen molar-refractivity contribution in [2.75, 3.05) is 11.5 Å². The van der Waals surface area contributed by atoms with E-state index in [4.69, 9.17) is 21.3 Å². The third-order valence-corrected chi connectivity index (χ3v) is 11.2. The van der Waals surface area contributed by atoms with Crippen LogP contribution >= 0.6 is 11.6 Å². The van der Waals surface area contributed by atoms with Crippen molar-refractivity contribution in [1.29, 1.82) is 0 Å². The van der Waals surface area contributed by atoms with Gasteiger partial charge < -0.3 is 24.6 Å². The minimum atomic E-state index is -2.80. The lowest BCUT2D eigenvalue weighted by atomic mass is 9.96. The first kappa shape index (κ1) is 31.5. The number of hydrogen-bond acceptors (Lipinski definition) is 6. The van der Waals surface area contributed by atoms with Gasteiger partial charge >= 0.3 is 6.09 Å². The molecule has 45 heavy (non-hydrogen) atoms. The largest absolute Gasteiger partial charge is 0.465 e. The van der Waals surface area contributed by atoms with E-state index in [9.17, 15) is 23.5 Å². The first-order valence-corrected chi connectivity index (χ1v) is 19.3. The number of hydrogen-bond donors (Lipinski definition) is 2. The van der Waals surface area contributed by atoms with Crippen LogP contribution in [0.15, 0.2) is 23.1 Å². The van der Waals surface area contributed by atoms with Crippen LogP contribution in [0.5, 0.6) is 0 Å². The van der Waals surface area contributed by atoms with Crippen LogP contribution < -0.4 is 15.8 Å². The molecule has 1 amide bonds. The van der Waals surface area contributed by atoms with Crippen molar-refractivity contribution in [3.05, 3.63) is 39.4 Å². The molecule has 3 atom stereocenters. The van der Waals surface area contributed by atoms with Crippen LogP contribution in [-0.2, 0) is 25.1 Å². The first-order chi connectivity index (χ1) is 21.3. The van der Waals surface area contributed by atoms with E-state index in [1.54, 1.807) is 36.9 Å². The number of aryl methyl sites for hydroxylation is 1. The highest BCUT2D eigenvalue weighted by atomic mass is 35.5. The van der Waals surface area contributed by atoms with Gasteiger partial charge in [0.2, 0.25) is 5.95 Å². The second-order valence-corrected chi connectivity index (χ2v) is 19.2. The Hall–Kier alpha value is -3.49. The number of ether oxygens (including phenoxy) is 1. The maximum Gasteiger partial charge on any atom is 0.404 e. The Balaban J connectivity index is 1.51. The number of rotatable bonds is 10. The molecule has 0 aliphatic carbocycles. The molecule has 6 rings (SSSR count). The van der Waals surface area contributed by atoms with Crippen LogP contribution in [0.1, 0.15) is 38.3 Å². The van der Waals surface area contributed by atoms with Gasteiger partial charge in [-0.1, -0.05) is 37.3 Å². The predicted octanol–water partition coefficient (Wildman–Crippen LogP) is 6.05. The first-order valence-electron chi connectivity index (χ1n) is 15.2. The summed E-state index contributed by atoms with van der Waals surface area (Å²) in [7, 11) is 0.291. The molecule has 3 aromatic heterocycles. The van der Waals surface area contributed by atoms with E-state index in [0.717, 1.165) is 18.9 Å². The zero-order chi connectivity index (χ0) is 32.4. The van der Waals surface area contributed by atoms with E-state index in [2.05, 4.69) is 35.0 Å². The van der Waals surface area contributed by atoms with Crippen LogP contribution in [0.4, 0.5) is 19.5 Å². The molecule has 1 aromatic carbocycles. The fourth-order valence-corrected chi connectivity index (χ4v) is 7.99. The molecule has 2 aliphatic rings. The summed E-state index contributed by atoms with van der Waals surface area (Å²) < 4.78 is 39.1. The summed E-state index contributed by atoms with van der Waals surface area (Å²) in [6.07, 6.45) is 0.163. The molecule has 2 saturated heterocycles. The van der Waals surface area contributed by atoms with Crippen molar-refractivity contribution in [3.63, 3.8) is 0 Å². The van der Waals surface area contributed by atoms with Gasteiger partial charge in [0.05, 0.1) is 28.0 Å². The Bertz CT molecular complexity index is 1850. The van der Waals surface area contributed by atoms with E-state index in [0.29, 0.717) is 46.7 Å². The number of alkyl halides is 2. The van der Waals surface area contributed by atoms with Gasteiger partial charge in [-0.25, -0.2) is 13.6 Å². The number of nitrogens with zero attached hydrogens (tertiary/aromatic N) is 6. The lowest BCUT2D eigenvalue weighted by molar-refractivity contribution is 0.0899. The summed E-state index contributed by atoms with van der Waals surface area (Å²) in [5, 5.41) is 16.9. The molecule has 0 radical (unpaired) electrons. The number of fused-ring (bicyclic) bond motifs is 4. The molecule has 11 nitrogen and oxygen atoms in total. The molecule has 2 aliphatic heterocycles. The molecule has 2 bridgehead atoms. The molecule has 2 N–H and O–H groups in total. The Morgan fingerprint density at radius 2 is 1.98 bits per heavy atom. The number of carboxylic acid groups (broad SMARTS) is 1. The summed E-state index contributed by atoms with van der Waals surface area (Å²) in [6, 6.07) is 3.95. The highest BCUT2D eigenvalue weighted by Crippen LogP contribution is 2.43. The van der Waals surface area contributed by atoms with E-state index < -0.39 is 20.6 Å². The van der Waals surface area contributed by atoms with Crippen molar-refractivity contribution in [3.8, 4) is 11.1 Å². The highest BCUT2D eigenvalue weighted by molar-refractivity contribution is 6.76. The molecule has 0 spiro atoms. The lowest BCUT2D eigenvalue weighted by Crippen LogP contribution is -2.44. The zero-order valence-electron chi connectivity index (χ0n) is 26.0. The average molecular weight is 662 g/mol. The monoisotopic (exact) mass is 661 g/mol. The van der Waals surface area contributed by atoms with Crippen molar-refractivity contribution in [2.24, 2.45) is 7.05 Å². The molecular formula is C30H38ClF2N7O4Si. The zero-order valence-corrected chi connectivity index (χ0v) is 27.7. The van der Waals surface area contributed by atoms with Gasteiger partial charge in [-0.2, -0.15) is 10.1 Å². The highest BCUT2D eigenvalue weighted by Gasteiger charge is 2.48. The van der Waals surface area contributed by atoms with Gasteiger partial charge in [-0.05, 0) is 38.3 Å². The van der Waals surface area contributed by atoms with E-state index in [1.807, 2.05) is 0 Å². The smallest absolute Gasteiger partial charge is 0.404 e. The predicted molar refractivity (Wildman–Crippen MR) is 172 cm³/mol. The van der Waals surface area contributed by atoms with Crippen molar-refractivity contribution in [2.45, 2.75) is 89.7 Å². The molecule has 2 fully saturated rings. The van der Waals surface area contributed by atoms with Crippen LogP contribution in [0.2, 0.25) is 30.7 Å². The number of carbonyl (C=O) groups is 1. The lowest BCUT2D eigenvalue weighted by Gasteiger charge is -2.26. The fourth-order valence-electron chi connectivity index (χ4n) is 6.87. The number of benzene rings is 1. The molecule has 0 unspecified atom stereocenters. The molecular weight excluding hydrogens is 624 g/mol. The average Bonchev–Trinajstić information content (AvgIpc) is 3.72. The van der Waals surface area contributed by atoms with Gasteiger partial charge in [0, 0.05) is 57.0 Å². The second kappa shape index (κ2) is 11.7. The van der Waals surface area contributed by atoms with Crippen LogP contribution in [0, 0.1) is 0 Å². The third-order valence-electron chi connectivity index (χ3n) is 9.06. The topological polar surface area (TPSA) is 119 Å². The van der Waals surface area contributed by atoms with Crippen LogP contribution in [-0.4, -0.2) is 67.9 Å². The maximum absolute atomic E-state index is 14.2. The molecule has 4 aromatic rings. The Morgan fingerprint density at radius 3 is 2.64 bits per heavy atom. The molecule has 242 valence electrons. The summed E-state index contributed by atoms with van der Waals surface area (Å²) in [5.74, 6) is 0.452. The van der Waals surface area contributed by atoms with E-state index in [-0.39, 0.29) is 53.1 Å². The van der Waals surface area contributed by atoms with Crippen molar-refractivity contribution in [1.82, 2.24) is 29.2 Å². The quantitative estimate of drug-likeness (QED) is 0.157. The van der Waals surface area contributed by atoms with Gasteiger partial charge in [0.25, 0.3) is 12.0 Å². The maximum atomic E-state index is 14.2. The van der Waals surface area contributed by atoms with Gasteiger partial charge in [0.1, 0.15) is 12.4 Å². The SMILES string of the molecule is CCn1nc2ccc(-c3cn(COCC[Si](C)(C)C)c4nc(N5[C@H]6CC[C@@H]5[C@H](NC(=O)O)C6)n(C)c(=O)c34)c(Cl)c2c1C(F)F. The van der Waals surface area contributed by atoms with E-state index >= 15 is 0 Å². The number of halogens is 3. The minimum absolute atomic E-state index is 0.0398. The summed E-state index contributed by atoms with van der Waals surface area (Å²) in [4.78, 5) is 32.8. The van der Waals surface area contributed by atoms with E-state index in [1.165, 1.54) is 9.25 Å². The molecule has 5 heterocycles. The van der Waals surface area contributed by atoms with Crippen molar-refractivity contribution < 1.29 is 23.4 Å². The second-order valence-electron chi connectivity index (χ2n) is 13.2. The standard InChI is InChI=1S/C30H38ClF2N7O4Si/c1-6-39-25(26(32)33)23-19(36-39)9-8-17(24(23)31)18-14-38(15-44-11-12-45(3,4)5)27-22(18)28(41)37(2)29(35-27)40-16-7-10-21(40)20(13-16)34-30(42)43/h8-9,14,16,20-21,26,34H,6-7,10-13,15H2,1-5H3,(H,42,43)/t16-,20+,21+/m0/s1. The summed E-state index contributed by atoms with van der Waals surface area (Å²) >= 11 is 6.90. The Kier molecular flexibility index (Phi) is 8.19. The van der Waals surface area contributed by atoms with Crippen molar-refractivity contribution >= 4 is 53.7 Å². The number of aromatic nitrogens is 5. The molecule has 0 saturated carbocycles. The fraction of sp³-hybridized carbons (Fsp3) is 0.533. The normalized spacial score (nSPS) is 19.9. The summed E-state index contributed by atoms with van der Waals surface area (Å²) in [6.45, 7) is 9.46. The van der Waals surface area contributed by atoms with Gasteiger partial charge in [0.15, 0.2) is 5.65 Å². The third kappa shape index (κ3) is 5.50. The Labute approximate surface area is 264 Å². The minimum Gasteiger partial charge on any atom is -0.465 e. The molecule has 15 heteroatoms. The van der Waals surface area contributed by atoms with Gasteiger partial charge in [-0.15, -0.1) is 0 Å². The van der Waals surface area contributed by atoms with Crippen LogP contribution in [0.25, 0.3) is 33.1 Å². The summed E-state index contributed by atoms with van der Waals surface area (Å²) in [5.41, 5.74) is 1.03. The van der Waals surface area contributed by atoms with Gasteiger partial charge in [-0.3, -0.25) is 14.0 Å². The Morgan fingerprint density at radius 1 is 1.22 bits per heavy atom. The number of nitrogens with one attached hydrogen (secondary N) is 1.